The topological polar surface area (TPSA) is 144 Å². The van der Waals surface area contributed by atoms with Gasteiger partial charge in [-0.05, 0) is 50.2 Å². The van der Waals surface area contributed by atoms with Crippen molar-refractivity contribution in [3.63, 3.8) is 0 Å². The zero-order chi connectivity index (χ0) is 22.1. The highest BCUT2D eigenvalue weighted by molar-refractivity contribution is 7.92. The van der Waals surface area contributed by atoms with Crippen LogP contribution in [0.15, 0.2) is 51.9 Å². The van der Waals surface area contributed by atoms with Crippen molar-refractivity contribution in [1.29, 1.82) is 0 Å². The molecule has 0 aliphatic heterocycles. The lowest BCUT2D eigenvalue weighted by atomic mass is 10.1. The number of nitro groups is 1. The number of aryl methyl sites for hydroxylation is 1. The molecule has 30 heavy (non-hydrogen) atoms. The van der Waals surface area contributed by atoms with E-state index >= 15 is 0 Å². The number of benzene rings is 2. The molecule has 10 nitrogen and oxygen atoms in total. The van der Waals surface area contributed by atoms with Crippen LogP contribution in [0.25, 0.3) is 0 Å². The SMILES string of the molecule is Cc1noc(NS(=O)(=O)c2ccc(NC(=O)c3ccc(Cl)cc3[N+](=O)[O-])cc2)c1C. The van der Waals surface area contributed by atoms with Gasteiger partial charge in [0.25, 0.3) is 21.6 Å². The van der Waals surface area contributed by atoms with Gasteiger partial charge in [0.1, 0.15) is 5.56 Å². The average Bonchev–Trinajstić information content (AvgIpc) is 2.99. The summed E-state index contributed by atoms with van der Waals surface area (Å²) in [4.78, 5) is 22.8. The maximum Gasteiger partial charge on any atom is 0.283 e. The Labute approximate surface area is 176 Å². The number of hydrogen-bond acceptors (Lipinski definition) is 7. The zero-order valence-corrected chi connectivity index (χ0v) is 17.2. The molecule has 156 valence electrons. The molecular weight excluding hydrogens is 436 g/mol. The van der Waals surface area contributed by atoms with E-state index in [4.69, 9.17) is 16.1 Å². The van der Waals surface area contributed by atoms with E-state index in [1.165, 1.54) is 36.4 Å². The molecule has 1 amide bonds. The molecule has 3 aromatic rings. The number of hydrogen-bond donors (Lipinski definition) is 2. The first-order valence-electron chi connectivity index (χ1n) is 8.39. The van der Waals surface area contributed by atoms with Gasteiger partial charge < -0.3 is 9.84 Å². The van der Waals surface area contributed by atoms with Gasteiger partial charge in [-0.15, -0.1) is 0 Å². The first-order chi connectivity index (χ1) is 14.1. The Morgan fingerprint density at radius 3 is 2.40 bits per heavy atom. The van der Waals surface area contributed by atoms with E-state index in [-0.39, 0.29) is 27.1 Å². The number of sulfonamides is 1. The number of amides is 1. The van der Waals surface area contributed by atoms with Crippen molar-refractivity contribution in [3.05, 3.63) is 74.4 Å². The highest BCUT2D eigenvalue weighted by Crippen LogP contribution is 2.25. The van der Waals surface area contributed by atoms with Gasteiger partial charge in [0.05, 0.1) is 15.5 Å². The minimum Gasteiger partial charge on any atom is -0.337 e. The van der Waals surface area contributed by atoms with Crippen molar-refractivity contribution in [2.45, 2.75) is 18.7 Å². The van der Waals surface area contributed by atoms with Crippen LogP contribution in [-0.4, -0.2) is 24.4 Å². The standard InChI is InChI=1S/C18H15ClN4O6S/c1-10-11(2)21-29-18(10)22-30(27,28)14-6-4-13(5-7-14)20-17(24)15-8-3-12(19)9-16(15)23(25)26/h3-9,22H,1-2H3,(H,20,24). The van der Waals surface area contributed by atoms with Crippen molar-refractivity contribution in [1.82, 2.24) is 5.16 Å². The smallest absolute Gasteiger partial charge is 0.283 e. The number of nitro benzene ring substituents is 1. The summed E-state index contributed by atoms with van der Waals surface area (Å²) in [6.07, 6.45) is 0. The van der Waals surface area contributed by atoms with Crippen molar-refractivity contribution in [2.75, 3.05) is 10.0 Å². The van der Waals surface area contributed by atoms with Crippen molar-refractivity contribution in [2.24, 2.45) is 0 Å². The Bertz CT molecular complexity index is 1240. The van der Waals surface area contributed by atoms with Crippen LogP contribution in [0.4, 0.5) is 17.3 Å². The molecule has 1 aromatic heterocycles. The fourth-order valence-electron chi connectivity index (χ4n) is 2.46. The number of aromatic nitrogens is 1. The van der Waals surface area contributed by atoms with Crippen LogP contribution in [0.5, 0.6) is 0 Å². The monoisotopic (exact) mass is 450 g/mol. The van der Waals surface area contributed by atoms with Crippen molar-refractivity contribution in [3.8, 4) is 0 Å². The van der Waals surface area contributed by atoms with E-state index in [9.17, 15) is 23.3 Å². The molecule has 0 bridgehead atoms. The number of rotatable bonds is 6. The van der Waals surface area contributed by atoms with Crippen LogP contribution in [0.2, 0.25) is 5.02 Å². The fourth-order valence-corrected chi connectivity index (χ4v) is 3.67. The highest BCUT2D eigenvalue weighted by atomic mass is 35.5. The lowest BCUT2D eigenvalue weighted by Crippen LogP contribution is -2.15. The summed E-state index contributed by atoms with van der Waals surface area (Å²) in [6, 6.07) is 8.92. The maximum atomic E-state index is 12.5. The summed E-state index contributed by atoms with van der Waals surface area (Å²) in [5, 5.41) is 17.4. The van der Waals surface area contributed by atoms with Crippen molar-refractivity contribution >= 4 is 44.8 Å². The maximum absolute atomic E-state index is 12.5. The second kappa shape index (κ2) is 8.13. The lowest BCUT2D eigenvalue weighted by molar-refractivity contribution is -0.385. The predicted molar refractivity (Wildman–Crippen MR) is 109 cm³/mol. The van der Waals surface area contributed by atoms with E-state index in [2.05, 4.69) is 15.2 Å². The van der Waals surface area contributed by atoms with Gasteiger partial charge >= 0.3 is 0 Å². The van der Waals surface area contributed by atoms with Gasteiger partial charge in [-0.2, -0.15) is 0 Å². The van der Waals surface area contributed by atoms with Crippen molar-refractivity contribution < 1.29 is 22.7 Å². The Kier molecular flexibility index (Phi) is 5.76. The number of nitrogens with zero attached hydrogens (tertiary/aromatic N) is 2. The van der Waals surface area contributed by atoms with E-state index < -0.39 is 26.5 Å². The minimum absolute atomic E-state index is 0.0138. The first kappa shape index (κ1) is 21.3. The van der Waals surface area contributed by atoms with Gasteiger partial charge in [0.2, 0.25) is 5.88 Å². The van der Waals surface area contributed by atoms with Crippen LogP contribution < -0.4 is 10.0 Å². The van der Waals surface area contributed by atoms with Gasteiger partial charge in [0, 0.05) is 22.3 Å². The molecular formula is C18H15ClN4O6S. The van der Waals surface area contributed by atoms with Crippen LogP contribution >= 0.6 is 11.6 Å². The van der Waals surface area contributed by atoms with E-state index in [1.54, 1.807) is 13.8 Å². The molecule has 3 rings (SSSR count). The third-order valence-electron chi connectivity index (χ3n) is 4.21. The largest absolute Gasteiger partial charge is 0.337 e. The van der Waals surface area contributed by atoms with E-state index in [0.717, 1.165) is 6.07 Å². The van der Waals surface area contributed by atoms with Crippen LogP contribution in [0.3, 0.4) is 0 Å². The Balaban J connectivity index is 1.78. The first-order valence-corrected chi connectivity index (χ1v) is 10.3. The summed E-state index contributed by atoms with van der Waals surface area (Å²) in [5.41, 5.74) is 0.740. The molecule has 1 heterocycles. The second-order valence-corrected chi connectivity index (χ2v) is 8.34. The lowest BCUT2D eigenvalue weighted by Gasteiger charge is -2.09. The molecule has 2 N–H and O–H groups in total. The Morgan fingerprint density at radius 1 is 1.17 bits per heavy atom. The number of anilines is 2. The van der Waals surface area contributed by atoms with E-state index in [0.29, 0.717) is 11.3 Å². The molecule has 0 saturated carbocycles. The van der Waals surface area contributed by atoms with Gasteiger partial charge in [-0.25, -0.2) is 13.1 Å². The fraction of sp³-hybridized carbons (Fsp3) is 0.111. The summed E-state index contributed by atoms with van der Waals surface area (Å²) in [6.45, 7) is 3.34. The summed E-state index contributed by atoms with van der Waals surface area (Å²) in [7, 11) is -3.94. The summed E-state index contributed by atoms with van der Waals surface area (Å²) >= 11 is 5.75. The third-order valence-corrected chi connectivity index (χ3v) is 5.79. The molecule has 12 heteroatoms. The minimum atomic E-state index is -3.94. The van der Waals surface area contributed by atoms with Gasteiger partial charge in [-0.1, -0.05) is 16.8 Å². The molecule has 0 aliphatic carbocycles. The molecule has 0 aliphatic rings. The molecule has 0 spiro atoms. The van der Waals surface area contributed by atoms with E-state index in [1.807, 2.05) is 0 Å². The quantitative estimate of drug-likeness (QED) is 0.427. The molecule has 0 unspecified atom stereocenters. The zero-order valence-electron chi connectivity index (χ0n) is 15.7. The summed E-state index contributed by atoms with van der Waals surface area (Å²) in [5.74, 6) is -0.722. The van der Waals surface area contributed by atoms with Gasteiger partial charge in [0.15, 0.2) is 0 Å². The third kappa shape index (κ3) is 4.42. The second-order valence-electron chi connectivity index (χ2n) is 6.22. The van der Waals surface area contributed by atoms with Gasteiger partial charge in [-0.3, -0.25) is 14.9 Å². The Morgan fingerprint density at radius 2 is 1.83 bits per heavy atom. The van der Waals surface area contributed by atoms with Crippen LogP contribution in [0.1, 0.15) is 21.6 Å². The summed E-state index contributed by atoms with van der Waals surface area (Å²) < 4.78 is 32.2. The normalized spacial score (nSPS) is 11.2. The van der Waals surface area contributed by atoms with Crippen LogP contribution in [0, 0.1) is 24.0 Å². The van der Waals surface area contributed by atoms with Crippen LogP contribution in [-0.2, 0) is 10.0 Å². The Hall–Kier alpha value is -3.44. The molecule has 0 fully saturated rings. The molecule has 0 saturated heterocycles. The average molecular weight is 451 g/mol. The number of carbonyl (C=O) groups is 1. The number of halogens is 1. The molecule has 2 aromatic carbocycles. The molecule has 0 radical (unpaired) electrons. The predicted octanol–water partition coefficient (Wildman–Crippen LogP) is 3.91. The number of carbonyl (C=O) groups excluding carboxylic acids is 1. The number of nitrogens with one attached hydrogen (secondary N) is 2. The molecule has 0 atom stereocenters. The highest BCUT2D eigenvalue weighted by Gasteiger charge is 2.22.